The monoisotopic (exact) mass is 472 g/mol. The molecule has 4 rings (SSSR count). The lowest BCUT2D eigenvalue weighted by atomic mass is 9.82. The highest BCUT2D eigenvalue weighted by molar-refractivity contribution is 6.36. The molecule has 176 valence electrons. The Morgan fingerprint density at radius 1 is 1.30 bits per heavy atom. The number of aliphatic imine (C=N–C) groups is 1. The summed E-state index contributed by atoms with van der Waals surface area (Å²) in [5.41, 5.74) is 14.3. The van der Waals surface area contributed by atoms with Crippen LogP contribution in [-0.2, 0) is 12.8 Å². The van der Waals surface area contributed by atoms with Gasteiger partial charge in [0.15, 0.2) is 5.96 Å². The second-order valence-electron chi connectivity index (χ2n) is 8.96. The smallest absolute Gasteiger partial charge is 0.407 e. The number of hydrogen-bond acceptors (Lipinski definition) is 4. The largest absolute Gasteiger partial charge is 0.465 e. The molecule has 0 saturated carbocycles. The minimum absolute atomic E-state index is 0.0155. The lowest BCUT2D eigenvalue weighted by molar-refractivity contribution is 0.0484. The first-order valence-corrected chi connectivity index (χ1v) is 11.5. The number of carbonyl (C=O) groups is 2. The van der Waals surface area contributed by atoms with Crippen LogP contribution in [0.3, 0.4) is 0 Å². The molecule has 2 amide bonds. The molecule has 1 aliphatic heterocycles. The maximum Gasteiger partial charge on any atom is 0.407 e. The van der Waals surface area contributed by atoms with Crippen molar-refractivity contribution in [2.24, 2.45) is 22.4 Å². The third-order valence-electron chi connectivity index (χ3n) is 6.76. The number of benzene rings is 1. The molecule has 0 bridgehead atoms. The lowest BCUT2D eigenvalue weighted by Gasteiger charge is -2.38. The highest BCUT2D eigenvalue weighted by Crippen LogP contribution is 2.36. The van der Waals surface area contributed by atoms with Crippen molar-refractivity contribution < 1.29 is 14.7 Å². The molecule has 10 heteroatoms. The molecule has 1 aromatic heterocycles. The summed E-state index contributed by atoms with van der Waals surface area (Å²) >= 11 is 6.76. The van der Waals surface area contributed by atoms with Crippen molar-refractivity contribution in [3.05, 3.63) is 40.0 Å². The van der Waals surface area contributed by atoms with E-state index in [9.17, 15) is 14.7 Å². The van der Waals surface area contributed by atoms with Crippen LogP contribution in [0.15, 0.2) is 23.2 Å². The van der Waals surface area contributed by atoms with Crippen LogP contribution in [0.2, 0.25) is 5.02 Å². The Balaban J connectivity index is 1.61. The quantitative estimate of drug-likeness (QED) is 0.463. The molecular formula is C23H29ClN6O3. The van der Waals surface area contributed by atoms with Crippen molar-refractivity contribution in [1.29, 1.82) is 0 Å². The molecule has 2 aliphatic rings. The number of nitrogens with zero attached hydrogens (tertiary/aromatic N) is 4. The highest BCUT2D eigenvalue weighted by atomic mass is 35.5. The molecule has 1 aliphatic carbocycles. The van der Waals surface area contributed by atoms with Crippen LogP contribution >= 0.6 is 11.6 Å². The number of nitrogens with two attached hydrogens (primary N) is 2. The zero-order chi connectivity index (χ0) is 23.9. The van der Waals surface area contributed by atoms with Gasteiger partial charge in [0.05, 0.1) is 16.6 Å². The van der Waals surface area contributed by atoms with Crippen molar-refractivity contribution in [3.63, 3.8) is 0 Å². The van der Waals surface area contributed by atoms with Gasteiger partial charge in [-0.3, -0.25) is 14.8 Å². The number of guanidine groups is 1. The normalized spacial score (nSPS) is 21.4. The summed E-state index contributed by atoms with van der Waals surface area (Å²) < 4.78 is 0. The van der Waals surface area contributed by atoms with Crippen molar-refractivity contribution in [2.45, 2.75) is 45.2 Å². The van der Waals surface area contributed by atoms with Gasteiger partial charge in [-0.05, 0) is 56.7 Å². The number of hydrogen-bond donors (Lipinski definition) is 3. The number of carbonyl (C=O) groups excluding carboxylic acids is 1. The van der Waals surface area contributed by atoms with Gasteiger partial charge >= 0.3 is 6.09 Å². The number of amides is 2. The molecule has 2 heterocycles. The minimum Gasteiger partial charge on any atom is -0.465 e. The van der Waals surface area contributed by atoms with E-state index in [0.717, 1.165) is 35.9 Å². The Morgan fingerprint density at radius 2 is 2.06 bits per heavy atom. The number of piperazine rings is 1. The van der Waals surface area contributed by atoms with E-state index in [2.05, 4.69) is 4.99 Å². The fourth-order valence-corrected chi connectivity index (χ4v) is 5.26. The van der Waals surface area contributed by atoms with Crippen molar-refractivity contribution in [3.8, 4) is 0 Å². The lowest BCUT2D eigenvalue weighted by Crippen LogP contribution is -2.55. The summed E-state index contributed by atoms with van der Waals surface area (Å²) in [5.74, 6) is 0.209. The van der Waals surface area contributed by atoms with Crippen LogP contribution in [-0.4, -0.2) is 69.6 Å². The van der Waals surface area contributed by atoms with Crippen molar-refractivity contribution >= 4 is 40.5 Å². The fraction of sp³-hybridized carbons (Fsp3) is 0.478. The van der Waals surface area contributed by atoms with Crippen LogP contribution in [0, 0.1) is 5.92 Å². The van der Waals surface area contributed by atoms with Gasteiger partial charge in [-0.2, -0.15) is 0 Å². The van der Waals surface area contributed by atoms with Gasteiger partial charge in [0.25, 0.3) is 5.91 Å². The van der Waals surface area contributed by atoms with Gasteiger partial charge in [-0.1, -0.05) is 17.7 Å². The van der Waals surface area contributed by atoms with Crippen molar-refractivity contribution in [2.75, 3.05) is 19.6 Å². The Hall–Kier alpha value is -3.07. The molecule has 33 heavy (non-hydrogen) atoms. The summed E-state index contributed by atoms with van der Waals surface area (Å²) in [6, 6.07) is 5.18. The van der Waals surface area contributed by atoms with E-state index in [1.54, 1.807) is 17.0 Å². The van der Waals surface area contributed by atoms with Gasteiger partial charge in [0.1, 0.15) is 0 Å². The number of carboxylic acid groups (broad SMARTS) is 1. The molecule has 1 fully saturated rings. The first kappa shape index (κ1) is 23.1. The maximum atomic E-state index is 13.2. The van der Waals surface area contributed by atoms with Gasteiger partial charge in [-0.15, -0.1) is 0 Å². The van der Waals surface area contributed by atoms with Crippen LogP contribution in [0.1, 0.15) is 41.9 Å². The van der Waals surface area contributed by atoms with Gasteiger partial charge < -0.3 is 26.4 Å². The number of aromatic nitrogens is 1. The number of rotatable bonds is 3. The van der Waals surface area contributed by atoms with Crippen molar-refractivity contribution in [1.82, 2.24) is 14.8 Å². The van der Waals surface area contributed by atoms with E-state index in [-0.39, 0.29) is 29.9 Å². The van der Waals surface area contributed by atoms with Gasteiger partial charge in [-0.25, -0.2) is 4.79 Å². The average molecular weight is 473 g/mol. The first-order chi connectivity index (χ1) is 15.7. The Labute approximate surface area is 197 Å². The minimum atomic E-state index is -0.962. The molecule has 9 nitrogen and oxygen atoms in total. The second-order valence-corrected chi connectivity index (χ2v) is 9.33. The van der Waals surface area contributed by atoms with E-state index in [0.29, 0.717) is 35.7 Å². The number of pyridine rings is 1. The van der Waals surface area contributed by atoms with Crippen LogP contribution in [0.5, 0.6) is 0 Å². The topological polar surface area (TPSA) is 138 Å². The molecule has 1 saturated heterocycles. The molecular weight excluding hydrogens is 444 g/mol. The third kappa shape index (κ3) is 4.55. The van der Waals surface area contributed by atoms with Crippen LogP contribution in [0.4, 0.5) is 4.79 Å². The first-order valence-electron chi connectivity index (χ1n) is 11.1. The van der Waals surface area contributed by atoms with Gasteiger partial charge in [0, 0.05) is 42.3 Å². The Morgan fingerprint density at radius 3 is 2.73 bits per heavy atom. The summed E-state index contributed by atoms with van der Waals surface area (Å²) in [4.78, 5) is 36.7. The molecule has 1 aromatic carbocycles. The van der Waals surface area contributed by atoms with Crippen LogP contribution in [0.25, 0.3) is 10.9 Å². The summed E-state index contributed by atoms with van der Waals surface area (Å²) in [5, 5.41) is 10.7. The second kappa shape index (κ2) is 9.05. The predicted molar refractivity (Wildman–Crippen MR) is 128 cm³/mol. The molecule has 0 radical (unpaired) electrons. The summed E-state index contributed by atoms with van der Waals surface area (Å²) in [6.45, 7) is 4.80. The zero-order valence-corrected chi connectivity index (χ0v) is 19.5. The Kier molecular flexibility index (Phi) is 6.34. The number of halogens is 1. The van der Waals surface area contributed by atoms with E-state index in [1.807, 2.05) is 19.9 Å². The molecule has 0 spiro atoms. The zero-order valence-electron chi connectivity index (χ0n) is 18.8. The Bertz CT molecular complexity index is 1130. The van der Waals surface area contributed by atoms with E-state index < -0.39 is 6.09 Å². The average Bonchev–Trinajstić information content (AvgIpc) is 2.77. The summed E-state index contributed by atoms with van der Waals surface area (Å²) in [7, 11) is 0. The standard InChI is InChI=1S/C23H29ClN6O3/c1-12-11-29(23(32)33)7-8-30(12)21(31)15-4-6-17-19(10-15)28-18-9-14(13(2)27-22(25)26)3-5-16(18)20(17)24/h4,6,10,12-14H,3,5,7-9,11H2,1-2H3,(H,32,33)(H4,25,26,27)/t12-,13?,14?/m0/s1. The predicted octanol–water partition coefficient (Wildman–Crippen LogP) is 2.48. The third-order valence-corrected chi connectivity index (χ3v) is 7.20. The van der Waals surface area contributed by atoms with E-state index in [4.69, 9.17) is 28.1 Å². The molecule has 5 N–H and O–H groups in total. The molecule has 2 unspecified atom stereocenters. The highest BCUT2D eigenvalue weighted by Gasteiger charge is 2.31. The molecule has 3 atom stereocenters. The molecule has 2 aromatic rings. The SMILES string of the molecule is CC(N=C(N)N)C1CCc2c(nc3cc(C(=O)N4CCN(C(=O)O)C[C@@H]4C)ccc3c2Cl)C1. The van der Waals surface area contributed by atoms with Gasteiger partial charge in [0.2, 0.25) is 0 Å². The number of fused-ring (bicyclic) bond motifs is 2. The maximum absolute atomic E-state index is 13.2. The summed E-state index contributed by atoms with van der Waals surface area (Å²) in [6.07, 6.45) is 1.48. The van der Waals surface area contributed by atoms with Crippen LogP contribution < -0.4 is 11.5 Å². The van der Waals surface area contributed by atoms with E-state index >= 15 is 0 Å². The van der Waals surface area contributed by atoms with E-state index in [1.165, 1.54) is 4.90 Å². The fourth-order valence-electron chi connectivity index (χ4n) is 4.90.